The second-order valence-corrected chi connectivity index (χ2v) is 6.40. The zero-order chi connectivity index (χ0) is 18.5. The van der Waals surface area contributed by atoms with Crippen LogP contribution in [0.2, 0.25) is 0 Å². The fourth-order valence-electron chi connectivity index (χ4n) is 2.96. The Labute approximate surface area is 152 Å². The largest absolute Gasteiger partial charge is 0.320 e. The second kappa shape index (κ2) is 7.95. The summed E-state index contributed by atoms with van der Waals surface area (Å²) in [5.41, 5.74) is 1.85. The summed E-state index contributed by atoms with van der Waals surface area (Å²) in [5.74, 6) is -0.306. The van der Waals surface area contributed by atoms with Crippen LogP contribution >= 0.6 is 0 Å². The van der Waals surface area contributed by atoms with Crippen molar-refractivity contribution in [1.82, 2.24) is 9.78 Å². The SMILES string of the molecule is CCCCCn1nc(C(=O)Nc2ccccc2C)c2ccccc2c1=O. The highest BCUT2D eigenvalue weighted by Gasteiger charge is 2.17. The fraction of sp³-hybridized carbons (Fsp3) is 0.286. The minimum absolute atomic E-state index is 0.149. The summed E-state index contributed by atoms with van der Waals surface area (Å²) in [6.45, 7) is 4.56. The van der Waals surface area contributed by atoms with Crippen LogP contribution < -0.4 is 10.9 Å². The van der Waals surface area contributed by atoms with Gasteiger partial charge in [-0.25, -0.2) is 4.68 Å². The van der Waals surface area contributed by atoms with Gasteiger partial charge in [-0.05, 0) is 31.0 Å². The van der Waals surface area contributed by atoms with Gasteiger partial charge in [0.05, 0.1) is 5.39 Å². The number of fused-ring (bicyclic) bond motifs is 1. The van der Waals surface area contributed by atoms with Gasteiger partial charge in [0.25, 0.3) is 11.5 Å². The smallest absolute Gasteiger partial charge is 0.276 e. The van der Waals surface area contributed by atoms with Gasteiger partial charge in [0.1, 0.15) is 0 Å². The van der Waals surface area contributed by atoms with E-state index >= 15 is 0 Å². The van der Waals surface area contributed by atoms with Crippen LogP contribution in [0.3, 0.4) is 0 Å². The number of aromatic nitrogens is 2. The van der Waals surface area contributed by atoms with E-state index in [-0.39, 0.29) is 17.2 Å². The minimum Gasteiger partial charge on any atom is -0.320 e. The van der Waals surface area contributed by atoms with Crippen LogP contribution in [0.5, 0.6) is 0 Å². The minimum atomic E-state index is -0.306. The van der Waals surface area contributed by atoms with Crippen molar-refractivity contribution in [1.29, 1.82) is 0 Å². The van der Waals surface area contributed by atoms with Gasteiger partial charge < -0.3 is 5.32 Å². The molecule has 3 rings (SSSR count). The van der Waals surface area contributed by atoms with Crippen molar-refractivity contribution in [2.45, 2.75) is 39.7 Å². The average molecular weight is 349 g/mol. The molecule has 1 aromatic heterocycles. The van der Waals surface area contributed by atoms with Crippen molar-refractivity contribution in [2.75, 3.05) is 5.32 Å². The quantitative estimate of drug-likeness (QED) is 0.680. The van der Waals surface area contributed by atoms with Crippen LogP contribution in [0.15, 0.2) is 53.3 Å². The second-order valence-electron chi connectivity index (χ2n) is 6.40. The van der Waals surface area contributed by atoms with Gasteiger partial charge in [0, 0.05) is 17.6 Å². The molecule has 0 fully saturated rings. The lowest BCUT2D eigenvalue weighted by molar-refractivity contribution is 0.102. The Hall–Kier alpha value is -2.95. The molecule has 1 N–H and O–H groups in total. The summed E-state index contributed by atoms with van der Waals surface area (Å²) in [6.07, 6.45) is 2.94. The monoisotopic (exact) mass is 349 g/mol. The zero-order valence-electron chi connectivity index (χ0n) is 15.2. The Morgan fingerprint density at radius 1 is 1.04 bits per heavy atom. The molecule has 0 radical (unpaired) electrons. The topological polar surface area (TPSA) is 64.0 Å². The lowest BCUT2D eigenvalue weighted by Crippen LogP contribution is -2.28. The summed E-state index contributed by atoms with van der Waals surface area (Å²) in [4.78, 5) is 25.6. The Bertz CT molecular complexity index is 992. The van der Waals surface area contributed by atoms with E-state index in [4.69, 9.17) is 0 Å². The number of carbonyl (C=O) groups is 1. The highest BCUT2D eigenvalue weighted by atomic mass is 16.2. The number of amides is 1. The molecule has 134 valence electrons. The van der Waals surface area contributed by atoms with Crippen LogP contribution in [0, 0.1) is 6.92 Å². The molecular formula is C21H23N3O2. The van der Waals surface area contributed by atoms with Crippen LogP contribution in [0.25, 0.3) is 10.8 Å². The lowest BCUT2D eigenvalue weighted by Gasteiger charge is -2.12. The van der Waals surface area contributed by atoms with E-state index in [1.807, 2.05) is 43.3 Å². The zero-order valence-corrected chi connectivity index (χ0v) is 15.2. The highest BCUT2D eigenvalue weighted by Crippen LogP contribution is 2.18. The predicted molar refractivity (Wildman–Crippen MR) is 105 cm³/mol. The summed E-state index contributed by atoms with van der Waals surface area (Å²) >= 11 is 0. The number of benzene rings is 2. The normalized spacial score (nSPS) is 10.8. The number of hydrogen-bond donors (Lipinski definition) is 1. The molecule has 5 heteroatoms. The van der Waals surface area contributed by atoms with Gasteiger partial charge in [-0.15, -0.1) is 0 Å². The lowest BCUT2D eigenvalue weighted by atomic mass is 10.1. The van der Waals surface area contributed by atoms with Gasteiger partial charge >= 0.3 is 0 Å². The number of carbonyl (C=O) groups excluding carboxylic acids is 1. The van der Waals surface area contributed by atoms with Gasteiger partial charge in [0.15, 0.2) is 5.69 Å². The molecule has 0 unspecified atom stereocenters. The molecule has 0 bridgehead atoms. The van der Waals surface area contributed by atoms with E-state index in [1.54, 1.807) is 12.1 Å². The van der Waals surface area contributed by atoms with Crippen LogP contribution in [0.1, 0.15) is 42.2 Å². The number of nitrogens with one attached hydrogen (secondary N) is 1. The highest BCUT2D eigenvalue weighted by molar-refractivity contribution is 6.11. The molecule has 5 nitrogen and oxygen atoms in total. The van der Waals surface area contributed by atoms with Crippen molar-refractivity contribution < 1.29 is 4.79 Å². The number of hydrogen-bond acceptors (Lipinski definition) is 3. The molecule has 2 aromatic carbocycles. The third-order valence-corrected chi connectivity index (χ3v) is 4.45. The standard InChI is InChI=1S/C21H23N3O2/c1-3-4-9-14-24-21(26)17-12-7-6-11-16(17)19(23-24)20(25)22-18-13-8-5-10-15(18)2/h5-8,10-13H,3-4,9,14H2,1-2H3,(H,22,25). The van der Waals surface area contributed by atoms with E-state index in [1.165, 1.54) is 4.68 Å². The number of unbranched alkanes of at least 4 members (excludes halogenated alkanes) is 2. The molecule has 0 spiro atoms. The summed E-state index contributed by atoms with van der Waals surface area (Å²) in [5, 5.41) is 8.41. The molecule has 1 heterocycles. The third kappa shape index (κ3) is 3.67. The molecule has 1 amide bonds. The summed E-state index contributed by atoms with van der Waals surface area (Å²) in [6, 6.07) is 14.7. The molecule has 0 saturated heterocycles. The molecular weight excluding hydrogens is 326 g/mol. The Kier molecular flexibility index (Phi) is 5.46. The van der Waals surface area contributed by atoms with Crippen LogP contribution in [0.4, 0.5) is 5.69 Å². The van der Waals surface area contributed by atoms with Crippen LogP contribution in [-0.2, 0) is 6.54 Å². The van der Waals surface area contributed by atoms with Crippen molar-refractivity contribution >= 4 is 22.4 Å². The number of para-hydroxylation sites is 1. The van der Waals surface area contributed by atoms with E-state index in [2.05, 4.69) is 17.3 Å². The molecule has 3 aromatic rings. The van der Waals surface area contributed by atoms with Crippen molar-refractivity contribution in [2.24, 2.45) is 0 Å². The first kappa shape index (κ1) is 17.9. The van der Waals surface area contributed by atoms with Gasteiger partial charge in [-0.1, -0.05) is 56.2 Å². The van der Waals surface area contributed by atoms with E-state index in [9.17, 15) is 9.59 Å². The number of aryl methyl sites for hydroxylation is 2. The molecule has 0 saturated carbocycles. The predicted octanol–water partition coefficient (Wildman–Crippen LogP) is 4.15. The average Bonchev–Trinajstić information content (AvgIpc) is 2.65. The van der Waals surface area contributed by atoms with Crippen LogP contribution in [-0.4, -0.2) is 15.7 Å². The van der Waals surface area contributed by atoms with Crippen molar-refractivity contribution in [3.63, 3.8) is 0 Å². The van der Waals surface area contributed by atoms with E-state index in [0.29, 0.717) is 17.3 Å². The van der Waals surface area contributed by atoms with Gasteiger partial charge in [0.2, 0.25) is 0 Å². The molecule has 26 heavy (non-hydrogen) atoms. The Morgan fingerprint density at radius 3 is 2.46 bits per heavy atom. The maximum atomic E-state index is 12.9. The first-order valence-electron chi connectivity index (χ1n) is 8.98. The number of nitrogens with zero attached hydrogens (tertiary/aromatic N) is 2. The molecule has 0 aliphatic rings. The summed E-state index contributed by atoms with van der Waals surface area (Å²) < 4.78 is 1.42. The number of anilines is 1. The fourth-order valence-corrected chi connectivity index (χ4v) is 2.96. The van der Waals surface area contributed by atoms with Crippen molar-refractivity contribution in [3.05, 3.63) is 70.1 Å². The summed E-state index contributed by atoms with van der Waals surface area (Å²) in [7, 11) is 0. The first-order chi connectivity index (χ1) is 12.6. The first-order valence-corrected chi connectivity index (χ1v) is 8.98. The Morgan fingerprint density at radius 2 is 1.73 bits per heavy atom. The number of rotatable bonds is 6. The molecule has 0 aliphatic carbocycles. The van der Waals surface area contributed by atoms with E-state index < -0.39 is 0 Å². The van der Waals surface area contributed by atoms with Crippen molar-refractivity contribution in [3.8, 4) is 0 Å². The third-order valence-electron chi connectivity index (χ3n) is 4.45. The maximum Gasteiger partial charge on any atom is 0.276 e. The molecule has 0 aliphatic heterocycles. The van der Waals surface area contributed by atoms with Gasteiger partial charge in [-0.2, -0.15) is 5.10 Å². The maximum absolute atomic E-state index is 12.9. The molecule has 0 atom stereocenters. The van der Waals surface area contributed by atoms with Gasteiger partial charge in [-0.3, -0.25) is 9.59 Å². The van der Waals surface area contributed by atoms with E-state index in [0.717, 1.165) is 30.5 Å². The Balaban J connectivity index is 2.03.